The van der Waals surface area contributed by atoms with Gasteiger partial charge in [0.1, 0.15) is 0 Å². The number of methoxy groups -OCH3 is 1. The van der Waals surface area contributed by atoms with E-state index in [0.717, 1.165) is 18.5 Å². The Hall–Kier alpha value is -1.16. The molecule has 1 heterocycles. The summed E-state index contributed by atoms with van der Waals surface area (Å²) in [4.78, 5) is 0. The van der Waals surface area contributed by atoms with Crippen molar-refractivity contribution < 1.29 is 4.74 Å². The number of ether oxygens (including phenoxy) is 1. The molecule has 0 aliphatic heterocycles. The maximum Gasteiger partial charge on any atom is 0.233 e. The van der Waals surface area contributed by atoms with E-state index in [1.807, 2.05) is 6.07 Å². The van der Waals surface area contributed by atoms with Crippen LogP contribution in [-0.4, -0.2) is 17.3 Å². The Kier molecular flexibility index (Phi) is 5.78. The highest BCUT2D eigenvalue weighted by atomic mass is 16.5. The quantitative estimate of drug-likeness (QED) is 0.721. The van der Waals surface area contributed by atoms with Crippen molar-refractivity contribution in [1.82, 2.24) is 10.2 Å². The van der Waals surface area contributed by atoms with E-state index in [0.29, 0.717) is 5.88 Å². The molecule has 0 bridgehead atoms. The Labute approximate surface area is 97.2 Å². The Morgan fingerprint density at radius 2 is 2.06 bits per heavy atom. The number of nitrogens with zero attached hydrogens (tertiary/aromatic N) is 2. The molecular weight excluding hydrogens is 202 g/mol. The van der Waals surface area contributed by atoms with Crippen molar-refractivity contribution in [2.45, 2.75) is 45.1 Å². The molecule has 1 aromatic heterocycles. The number of aromatic nitrogens is 2. The Balaban J connectivity index is 2.37. The van der Waals surface area contributed by atoms with Gasteiger partial charge in [-0.25, -0.2) is 0 Å². The van der Waals surface area contributed by atoms with Crippen molar-refractivity contribution >= 4 is 0 Å². The third kappa shape index (κ3) is 4.14. The second-order valence-electron chi connectivity index (χ2n) is 3.96. The van der Waals surface area contributed by atoms with Crippen molar-refractivity contribution in [2.24, 2.45) is 5.73 Å². The molecule has 1 unspecified atom stereocenters. The third-order valence-electron chi connectivity index (χ3n) is 2.62. The van der Waals surface area contributed by atoms with E-state index in [1.165, 1.54) is 19.3 Å². The first-order valence-corrected chi connectivity index (χ1v) is 5.91. The van der Waals surface area contributed by atoms with Gasteiger partial charge in [0.2, 0.25) is 5.88 Å². The lowest BCUT2D eigenvalue weighted by molar-refractivity contribution is 0.390. The fourth-order valence-electron chi connectivity index (χ4n) is 1.58. The molecule has 0 amide bonds. The monoisotopic (exact) mass is 223 g/mol. The summed E-state index contributed by atoms with van der Waals surface area (Å²) in [5.74, 6) is 0.530. The highest BCUT2D eigenvalue weighted by molar-refractivity contribution is 5.13. The minimum atomic E-state index is -0.00439. The summed E-state index contributed by atoms with van der Waals surface area (Å²) in [6.45, 7) is 2.20. The molecule has 1 rings (SSSR count). The molecule has 1 aromatic rings. The van der Waals surface area contributed by atoms with Gasteiger partial charge in [-0.1, -0.05) is 32.6 Å². The molecule has 0 spiro atoms. The lowest BCUT2D eigenvalue weighted by atomic mass is 10.1. The molecule has 4 heteroatoms. The highest BCUT2D eigenvalue weighted by Crippen LogP contribution is 2.16. The molecule has 4 nitrogen and oxygen atoms in total. The fourth-order valence-corrected chi connectivity index (χ4v) is 1.58. The first kappa shape index (κ1) is 12.9. The number of rotatable bonds is 7. The SMILES string of the molecule is CCCCCCC(N)c1ccc(OC)nn1. The number of hydrogen-bond donors (Lipinski definition) is 1. The Morgan fingerprint density at radius 3 is 2.62 bits per heavy atom. The molecule has 0 radical (unpaired) electrons. The molecule has 0 aliphatic rings. The van der Waals surface area contributed by atoms with Gasteiger partial charge in [-0.05, 0) is 12.5 Å². The van der Waals surface area contributed by atoms with Gasteiger partial charge in [0.25, 0.3) is 0 Å². The molecule has 0 saturated carbocycles. The topological polar surface area (TPSA) is 61.0 Å². The Bertz CT molecular complexity index is 287. The van der Waals surface area contributed by atoms with E-state index in [1.54, 1.807) is 13.2 Å². The standard InChI is InChI=1S/C12H21N3O/c1-3-4-5-6-7-10(13)11-8-9-12(16-2)15-14-11/h8-10H,3-7,13H2,1-2H3. The second-order valence-corrected chi connectivity index (χ2v) is 3.96. The molecule has 0 aliphatic carbocycles. The van der Waals surface area contributed by atoms with Crippen LogP contribution in [0.25, 0.3) is 0 Å². The zero-order valence-electron chi connectivity index (χ0n) is 10.1. The number of hydrogen-bond acceptors (Lipinski definition) is 4. The molecule has 16 heavy (non-hydrogen) atoms. The van der Waals surface area contributed by atoms with Crippen LogP contribution in [0.2, 0.25) is 0 Å². The minimum absolute atomic E-state index is 0.00439. The number of nitrogens with two attached hydrogens (primary N) is 1. The molecule has 90 valence electrons. The lowest BCUT2D eigenvalue weighted by Crippen LogP contribution is -2.12. The second kappa shape index (κ2) is 7.17. The van der Waals surface area contributed by atoms with Gasteiger partial charge >= 0.3 is 0 Å². The van der Waals surface area contributed by atoms with Crippen LogP contribution in [0.1, 0.15) is 50.8 Å². The lowest BCUT2D eigenvalue weighted by Gasteiger charge is -2.10. The summed E-state index contributed by atoms with van der Waals surface area (Å²) in [5, 5.41) is 7.96. The molecule has 0 saturated heterocycles. The molecule has 2 N–H and O–H groups in total. The van der Waals surface area contributed by atoms with Gasteiger partial charge in [-0.3, -0.25) is 0 Å². The van der Waals surface area contributed by atoms with Crippen LogP contribution in [0.5, 0.6) is 5.88 Å². The van der Waals surface area contributed by atoms with Crippen LogP contribution in [0.15, 0.2) is 12.1 Å². The van der Waals surface area contributed by atoms with Crippen LogP contribution < -0.4 is 10.5 Å². The average Bonchev–Trinajstić information content (AvgIpc) is 2.34. The predicted octanol–water partition coefficient (Wildman–Crippen LogP) is 2.46. The van der Waals surface area contributed by atoms with E-state index >= 15 is 0 Å². The van der Waals surface area contributed by atoms with Gasteiger partial charge in [-0.2, -0.15) is 5.10 Å². The summed E-state index contributed by atoms with van der Waals surface area (Å²) >= 11 is 0. The first-order valence-electron chi connectivity index (χ1n) is 5.91. The van der Waals surface area contributed by atoms with Crippen molar-refractivity contribution in [3.63, 3.8) is 0 Å². The fraction of sp³-hybridized carbons (Fsp3) is 0.667. The van der Waals surface area contributed by atoms with E-state index < -0.39 is 0 Å². The summed E-state index contributed by atoms with van der Waals surface area (Å²) in [7, 11) is 1.58. The van der Waals surface area contributed by atoms with Gasteiger partial charge in [0, 0.05) is 12.1 Å². The molecular formula is C12H21N3O. The predicted molar refractivity (Wildman–Crippen MR) is 64.3 cm³/mol. The minimum Gasteiger partial charge on any atom is -0.480 e. The Morgan fingerprint density at radius 1 is 1.25 bits per heavy atom. The van der Waals surface area contributed by atoms with Crippen LogP contribution in [-0.2, 0) is 0 Å². The summed E-state index contributed by atoms with van der Waals surface area (Å²) in [5.41, 5.74) is 6.87. The van der Waals surface area contributed by atoms with E-state index in [9.17, 15) is 0 Å². The van der Waals surface area contributed by atoms with Crippen LogP contribution in [0.3, 0.4) is 0 Å². The zero-order chi connectivity index (χ0) is 11.8. The van der Waals surface area contributed by atoms with Crippen LogP contribution in [0.4, 0.5) is 0 Å². The van der Waals surface area contributed by atoms with E-state index in [2.05, 4.69) is 17.1 Å². The number of unbranched alkanes of at least 4 members (excludes halogenated alkanes) is 3. The van der Waals surface area contributed by atoms with Crippen molar-refractivity contribution in [3.05, 3.63) is 17.8 Å². The molecule has 1 atom stereocenters. The maximum atomic E-state index is 6.03. The molecule has 0 aromatic carbocycles. The summed E-state index contributed by atoms with van der Waals surface area (Å²) in [6, 6.07) is 3.68. The highest BCUT2D eigenvalue weighted by Gasteiger charge is 2.07. The van der Waals surface area contributed by atoms with Crippen molar-refractivity contribution in [1.29, 1.82) is 0 Å². The van der Waals surface area contributed by atoms with E-state index in [4.69, 9.17) is 10.5 Å². The van der Waals surface area contributed by atoms with Gasteiger partial charge < -0.3 is 10.5 Å². The van der Waals surface area contributed by atoms with E-state index in [-0.39, 0.29) is 6.04 Å². The largest absolute Gasteiger partial charge is 0.480 e. The molecule has 0 fully saturated rings. The summed E-state index contributed by atoms with van der Waals surface area (Å²) < 4.78 is 4.95. The first-order chi connectivity index (χ1) is 7.77. The normalized spacial score (nSPS) is 12.4. The van der Waals surface area contributed by atoms with Gasteiger partial charge in [0.15, 0.2) is 0 Å². The maximum absolute atomic E-state index is 6.03. The summed E-state index contributed by atoms with van der Waals surface area (Å²) in [6.07, 6.45) is 5.90. The van der Waals surface area contributed by atoms with Crippen molar-refractivity contribution in [2.75, 3.05) is 7.11 Å². The zero-order valence-corrected chi connectivity index (χ0v) is 10.1. The smallest absolute Gasteiger partial charge is 0.233 e. The van der Waals surface area contributed by atoms with Crippen LogP contribution >= 0.6 is 0 Å². The third-order valence-corrected chi connectivity index (χ3v) is 2.62. The average molecular weight is 223 g/mol. The van der Waals surface area contributed by atoms with Crippen LogP contribution in [0, 0.1) is 0 Å². The van der Waals surface area contributed by atoms with Crippen molar-refractivity contribution in [3.8, 4) is 5.88 Å². The van der Waals surface area contributed by atoms with Gasteiger partial charge in [-0.15, -0.1) is 5.10 Å². The van der Waals surface area contributed by atoms with Gasteiger partial charge in [0.05, 0.1) is 12.8 Å².